The lowest BCUT2D eigenvalue weighted by Crippen LogP contribution is -2.42. The highest BCUT2D eigenvalue weighted by Crippen LogP contribution is 2.23. The number of morpholine rings is 1. The SMILES string of the molecule is O=C(Cn1c(-c2ccccn2)nc2ccccc21)N1CCOCC1. The second kappa shape index (κ2) is 6.41. The number of imidazole rings is 1. The Bertz CT molecular complexity index is 854. The van der Waals surface area contributed by atoms with Gasteiger partial charge >= 0.3 is 0 Å². The van der Waals surface area contributed by atoms with E-state index in [-0.39, 0.29) is 12.5 Å². The van der Waals surface area contributed by atoms with Gasteiger partial charge in [0, 0.05) is 19.3 Å². The number of fused-ring (bicyclic) bond motifs is 1. The molecule has 2 aromatic heterocycles. The van der Waals surface area contributed by atoms with E-state index in [1.165, 1.54) is 0 Å². The molecule has 1 aliphatic heterocycles. The Labute approximate surface area is 139 Å². The van der Waals surface area contributed by atoms with Gasteiger partial charge in [0.2, 0.25) is 5.91 Å². The quantitative estimate of drug-likeness (QED) is 0.739. The third-order valence-electron chi connectivity index (χ3n) is 4.21. The van der Waals surface area contributed by atoms with Crippen LogP contribution in [0, 0.1) is 0 Å². The summed E-state index contributed by atoms with van der Waals surface area (Å²) in [6, 6.07) is 13.6. The molecule has 0 atom stereocenters. The monoisotopic (exact) mass is 322 g/mol. The Morgan fingerprint density at radius 1 is 1.08 bits per heavy atom. The average Bonchev–Trinajstić information content (AvgIpc) is 3.02. The van der Waals surface area contributed by atoms with Gasteiger partial charge in [0.05, 0.1) is 24.2 Å². The van der Waals surface area contributed by atoms with Crippen LogP contribution in [0.5, 0.6) is 0 Å². The minimum atomic E-state index is 0.0821. The zero-order valence-electron chi connectivity index (χ0n) is 13.3. The molecular weight excluding hydrogens is 304 g/mol. The largest absolute Gasteiger partial charge is 0.378 e. The van der Waals surface area contributed by atoms with Crippen LogP contribution in [0.15, 0.2) is 48.7 Å². The molecule has 3 aromatic rings. The van der Waals surface area contributed by atoms with Gasteiger partial charge in [-0.3, -0.25) is 9.78 Å². The molecule has 4 rings (SSSR count). The van der Waals surface area contributed by atoms with Crippen molar-refractivity contribution in [1.82, 2.24) is 19.4 Å². The number of pyridine rings is 1. The molecule has 24 heavy (non-hydrogen) atoms. The fourth-order valence-electron chi connectivity index (χ4n) is 2.97. The van der Waals surface area contributed by atoms with Crippen LogP contribution in [0.25, 0.3) is 22.6 Å². The van der Waals surface area contributed by atoms with E-state index < -0.39 is 0 Å². The van der Waals surface area contributed by atoms with Gasteiger partial charge in [0.15, 0.2) is 5.82 Å². The van der Waals surface area contributed by atoms with Crippen LogP contribution in [0.1, 0.15) is 0 Å². The zero-order chi connectivity index (χ0) is 16.4. The number of hydrogen-bond donors (Lipinski definition) is 0. The van der Waals surface area contributed by atoms with Crippen LogP contribution in [-0.4, -0.2) is 51.6 Å². The van der Waals surface area contributed by atoms with E-state index in [4.69, 9.17) is 4.74 Å². The standard InChI is InChI=1S/C18H18N4O2/c23-17(21-9-11-24-12-10-21)13-22-16-7-2-1-5-14(16)20-18(22)15-6-3-4-8-19-15/h1-8H,9-13H2. The van der Waals surface area contributed by atoms with Crippen molar-refractivity contribution in [2.24, 2.45) is 0 Å². The maximum Gasteiger partial charge on any atom is 0.242 e. The lowest BCUT2D eigenvalue weighted by atomic mass is 10.3. The number of ether oxygens (including phenoxy) is 1. The third-order valence-corrected chi connectivity index (χ3v) is 4.21. The second-order valence-corrected chi connectivity index (χ2v) is 5.72. The van der Waals surface area contributed by atoms with Crippen LogP contribution in [0.4, 0.5) is 0 Å². The fraction of sp³-hybridized carbons (Fsp3) is 0.278. The lowest BCUT2D eigenvalue weighted by Gasteiger charge is -2.27. The summed E-state index contributed by atoms with van der Waals surface area (Å²) in [7, 11) is 0. The van der Waals surface area contributed by atoms with Crippen molar-refractivity contribution < 1.29 is 9.53 Å². The molecule has 6 heteroatoms. The summed E-state index contributed by atoms with van der Waals surface area (Å²) >= 11 is 0. The molecule has 6 nitrogen and oxygen atoms in total. The molecule has 1 aromatic carbocycles. The first-order chi connectivity index (χ1) is 11.8. The minimum absolute atomic E-state index is 0.0821. The van der Waals surface area contributed by atoms with Crippen LogP contribution in [-0.2, 0) is 16.1 Å². The number of amides is 1. The van der Waals surface area contributed by atoms with Crippen molar-refractivity contribution in [3.05, 3.63) is 48.7 Å². The van der Waals surface area contributed by atoms with Crippen molar-refractivity contribution in [3.8, 4) is 11.5 Å². The average molecular weight is 322 g/mol. The molecule has 0 unspecified atom stereocenters. The van der Waals surface area contributed by atoms with E-state index in [9.17, 15) is 4.79 Å². The van der Waals surface area contributed by atoms with Gasteiger partial charge in [-0.2, -0.15) is 0 Å². The second-order valence-electron chi connectivity index (χ2n) is 5.72. The molecule has 0 spiro atoms. The van der Waals surface area contributed by atoms with E-state index in [2.05, 4.69) is 9.97 Å². The van der Waals surface area contributed by atoms with E-state index in [0.29, 0.717) is 26.3 Å². The highest BCUT2D eigenvalue weighted by atomic mass is 16.5. The highest BCUT2D eigenvalue weighted by molar-refractivity contribution is 5.84. The van der Waals surface area contributed by atoms with Gasteiger partial charge in [-0.25, -0.2) is 4.98 Å². The maximum absolute atomic E-state index is 12.7. The highest BCUT2D eigenvalue weighted by Gasteiger charge is 2.21. The lowest BCUT2D eigenvalue weighted by molar-refractivity contribution is -0.135. The molecule has 1 aliphatic rings. The van der Waals surface area contributed by atoms with Gasteiger partial charge < -0.3 is 14.2 Å². The molecule has 1 fully saturated rings. The molecule has 0 radical (unpaired) electrons. The van der Waals surface area contributed by atoms with Crippen molar-refractivity contribution in [2.45, 2.75) is 6.54 Å². The van der Waals surface area contributed by atoms with Gasteiger partial charge in [-0.15, -0.1) is 0 Å². The number of carbonyl (C=O) groups is 1. The Balaban J connectivity index is 1.74. The summed E-state index contributed by atoms with van der Waals surface area (Å²) in [5, 5.41) is 0. The maximum atomic E-state index is 12.7. The summed E-state index contributed by atoms with van der Waals surface area (Å²) in [4.78, 5) is 23.6. The number of nitrogens with zero attached hydrogens (tertiary/aromatic N) is 4. The minimum Gasteiger partial charge on any atom is -0.378 e. The number of rotatable bonds is 3. The topological polar surface area (TPSA) is 60.2 Å². The number of aromatic nitrogens is 3. The van der Waals surface area contributed by atoms with Gasteiger partial charge in [-0.05, 0) is 24.3 Å². The molecular formula is C18H18N4O2. The van der Waals surface area contributed by atoms with E-state index >= 15 is 0 Å². The Morgan fingerprint density at radius 3 is 2.67 bits per heavy atom. The van der Waals surface area contributed by atoms with E-state index in [1.807, 2.05) is 51.9 Å². The Hall–Kier alpha value is -2.73. The van der Waals surface area contributed by atoms with Crippen LogP contribution in [0.2, 0.25) is 0 Å². The van der Waals surface area contributed by atoms with E-state index in [1.54, 1.807) is 6.20 Å². The first-order valence-electron chi connectivity index (χ1n) is 8.05. The zero-order valence-corrected chi connectivity index (χ0v) is 13.3. The fourth-order valence-corrected chi connectivity index (χ4v) is 2.97. The predicted molar refractivity (Wildman–Crippen MR) is 90.4 cm³/mol. The van der Waals surface area contributed by atoms with Gasteiger partial charge in [0.1, 0.15) is 12.2 Å². The Morgan fingerprint density at radius 2 is 1.88 bits per heavy atom. The van der Waals surface area contributed by atoms with Crippen molar-refractivity contribution in [1.29, 1.82) is 0 Å². The molecule has 1 saturated heterocycles. The van der Waals surface area contributed by atoms with Gasteiger partial charge in [-0.1, -0.05) is 18.2 Å². The summed E-state index contributed by atoms with van der Waals surface area (Å²) in [6.07, 6.45) is 1.74. The number of carbonyl (C=O) groups excluding carboxylic acids is 1. The number of para-hydroxylation sites is 2. The van der Waals surface area contributed by atoms with Crippen molar-refractivity contribution in [2.75, 3.05) is 26.3 Å². The van der Waals surface area contributed by atoms with Crippen molar-refractivity contribution in [3.63, 3.8) is 0 Å². The molecule has 3 heterocycles. The first-order valence-corrected chi connectivity index (χ1v) is 8.05. The smallest absolute Gasteiger partial charge is 0.242 e. The molecule has 0 aliphatic carbocycles. The number of benzene rings is 1. The predicted octanol–water partition coefficient (Wildman–Crippen LogP) is 1.96. The van der Waals surface area contributed by atoms with E-state index in [0.717, 1.165) is 22.6 Å². The molecule has 0 saturated carbocycles. The number of hydrogen-bond acceptors (Lipinski definition) is 4. The summed E-state index contributed by atoms with van der Waals surface area (Å²) in [5.74, 6) is 0.803. The normalized spacial score (nSPS) is 14.9. The summed E-state index contributed by atoms with van der Waals surface area (Å²) < 4.78 is 7.28. The molecule has 0 bridgehead atoms. The summed E-state index contributed by atoms with van der Waals surface area (Å²) in [5.41, 5.74) is 2.58. The molecule has 0 N–H and O–H groups in total. The van der Waals surface area contributed by atoms with Crippen LogP contribution < -0.4 is 0 Å². The summed E-state index contributed by atoms with van der Waals surface area (Å²) in [6.45, 7) is 2.74. The molecule has 1 amide bonds. The molecule has 122 valence electrons. The third kappa shape index (κ3) is 2.76. The van der Waals surface area contributed by atoms with Crippen LogP contribution >= 0.6 is 0 Å². The van der Waals surface area contributed by atoms with Crippen molar-refractivity contribution >= 4 is 16.9 Å². The first kappa shape index (κ1) is 14.8. The Kier molecular flexibility index (Phi) is 3.96. The van der Waals surface area contributed by atoms with Crippen LogP contribution in [0.3, 0.4) is 0 Å². The van der Waals surface area contributed by atoms with Gasteiger partial charge in [0.25, 0.3) is 0 Å².